The summed E-state index contributed by atoms with van der Waals surface area (Å²) >= 11 is 0. The number of aliphatic imine (C=N–C) groups is 1. The molecule has 1 spiro atoms. The van der Waals surface area contributed by atoms with Crippen LogP contribution in [0.15, 0.2) is 64.7 Å². The second kappa shape index (κ2) is 11.6. The number of hydrogen-bond acceptors (Lipinski definition) is 5. The third kappa shape index (κ3) is 5.56. The van der Waals surface area contributed by atoms with Crippen molar-refractivity contribution in [1.29, 1.82) is 0 Å². The Bertz CT molecular complexity index is 1230. The topological polar surface area (TPSA) is 126 Å². The minimum absolute atomic E-state index is 0.0285. The first-order valence-electron chi connectivity index (χ1n) is 14.1. The summed E-state index contributed by atoms with van der Waals surface area (Å²) in [6.07, 6.45) is 6.12. The standard InChI is InChI=1S/C31H42N6O2/c1-5-30(4,6-2)25-16-18-31(19-17-25)35-27(23-10-8-7-9-11-23)29(39)37(31)21(3)22-12-14-24(15-13-22)28(38)34-20-26(32)36-33/h7-15,21,25H,5-6,16-20,33H2,1-4H3,(H2,32,36)(H,34,38). The van der Waals surface area contributed by atoms with E-state index in [9.17, 15) is 9.59 Å². The van der Waals surface area contributed by atoms with E-state index in [0.29, 0.717) is 22.6 Å². The number of hydrogen-bond donors (Lipinski definition) is 3. The molecule has 8 nitrogen and oxygen atoms in total. The van der Waals surface area contributed by atoms with Crippen LogP contribution in [-0.4, -0.2) is 40.5 Å². The number of hydrazone groups is 1. The van der Waals surface area contributed by atoms with Gasteiger partial charge in [-0.1, -0.05) is 76.1 Å². The van der Waals surface area contributed by atoms with E-state index in [4.69, 9.17) is 16.6 Å². The van der Waals surface area contributed by atoms with E-state index in [1.54, 1.807) is 12.1 Å². The molecule has 1 aliphatic carbocycles. The largest absolute Gasteiger partial charge is 0.384 e. The first kappa shape index (κ1) is 28.3. The van der Waals surface area contributed by atoms with Gasteiger partial charge >= 0.3 is 0 Å². The van der Waals surface area contributed by atoms with Crippen molar-refractivity contribution in [1.82, 2.24) is 10.2 Å². The van der Waals surface area contributed by atoms with Crippen LogP contribution in [0.3, 0.4) is 0 Å². The van der Waals surface area contributed by atoms with Crippen molar-refractivity contribution in [3.8, 4) is 0 Å². The van der Waals surface area contributed by atoms with E-state index in [-0.39, 0.29) is 30.2 Å². The van der Waals surface area contributed by atoms with Crippen molar-refractivity contribution in [2.24, 2.45) is 33.0 Å². The number of carbonyl (C=O) groups is 2. The fourth-order valence-corrected chi connectivity index (χ4v) is 6.27. The lowest BCUT2D eigenvalue weighted by Gasteiger charge is -2.48. The van der Waals surface area contributed by atoms with Gasteiger partial charge in [-0.25, -0.2) is 0 Å². The Balaban J connectivity index is 1.61. The smallest absolute Gasteiger partial charge is 0.275 e. The SMILES string of the molecule is CCC(C)(CC)C1CCC2(CC1)N=C(c1ccccc1)C(=O)N2C(C)c1ccc(C(=O)NCC(N)=NN)cc1. The number of carbonyl (C=O) groups excluding carboxylic acids is 2. The minimum Gasteiger partial charge on any atom is -0.384 e. The maximum atomic E-state index is 14.0. The number of amidine groups is 1. The van der Waals surface area contributed by atoms with Gasteiger partial charge in [-0.05, 0) is 61.6 Å². The molecule has 0 radical (unpaired) electrons. The van der Waals surface area contributed by atoms with E-state index in [1.165, 1.54) is 0 Å². The predicted molar refractivity (Wildman–Crippen MR) is 156 cm³/mol. The summed E-state index contributed by atoms with van der Waals surface area (Å²) in [4.78, 5) is 33.8. The summed E-state index contributed by atoms with van der Waals surface area (Å²) in [6, 6.07) is 16.9. The zero-order valence-electron chi connectivity index (χ0n) is 23.6. The van der Waals surface area contributed by atoms with Crippen molar-refractivity contribution in [3.05, 3.63) is 71.3 Å². The molecule has 1 saturated carbocycles. The van der Waals surface area contributed by atoms with E-state index in [2.05, 4.69) is 38.1 Å². The molecular weight excluding hydrogens is 488 g/mol. The Labute approximate surface area is 231 Å². The average molecular weight is 531 g/mol. The summed E-state index contributed by atoms with van der Waals surface area (Å²) in [5.41, 5.74) is 8.19. The maximum absolute atomic E-state index is 14.0. The molecule has 1 fully saturated rings. The van der Waals surface area contributed by atoms with Gasteiger partial charge < -0.3 is 21.8 Å². The molecule has 2 aromatic rings. The molecule has 2 amide bonds. The third-order valence-electron chi connectivity index (χ3n) is 9.26. The van der Waals surface area contributed by atoms with Crippen LogP contribution in [0.5, 0.6) is 0 Å². The quantitative estimate of drug-likeness (QED) is 0.187. The summed E-state index contributed by atoms with van der Waals surface area (Å²) in [7, 11) is 0. The fourth-order valence-electron chi connectivity index (χ4n) is 6.27. The molecule has 4 rings (SSSR count). The van der Waals surface area contributed by atoms with Gasteiger partial charge in [0.2, 0.25) is 0 Å². The summed E-state index contributed by atoms with van der Waals surface area (Å²) in [5.74, 6) is 5.61. The lowest BCUT2D eigenvalue weighted by molar-refractivity contribution is -0.133. The molecule has 1 aliphatic heterocycles. The Morgan fingerprint density at radius 1 is 1.13 bits per heavy atom. The van der Waals surface area contributed by atoms with Crippen molar-refractivity contribution in [2.75, 3.05) is 6.54 Å². The number of rotatable bonds is 9. The maximum Gasteiger partial charge on any atom is 0.275 e. The second-order valence-corrected chi connectivity index (χ2v) is 11.2. The predicted octanol–water partition coefficient (Wildman–Crippen LogP) is 4.75. The Hall–Kier alpha value is -3.68. The van der Waals surface area contributed by atoms with Gasteiger partial charge in [-0.2, -0.15) is 5.10 Å². The van der Waals surface area contributed by atoms with E-state index in [0.717, 1.165) is 49.7 Å². The Kier molecular flexibility index (Phi) is 8.42. The Morgan fingerprint density at radius 2 is 1.74 bits per heavy atom. The molecule has 0 saturated heterocycles. The van der Waals surface area contributed by atoms with Gasteiger partial charge in [0.15, 0.2) is 0 Å². The van der Waals surface area contributed by atoms with Crippen LogP contribution in [0.2, 0.25) is 0 Å². The van der Waals surface area contributed by atoms with Crippen LogP contribution in [-0.2, 0) is 4.79 Å². The van der Waals surface area contributed by atoms with Crippen molar-refractivity contribution >= 4 is 23.4 Å². The van der Waals surface area contributed by atoms with Gasteiger partial charge in [-0.15, -0.1) is 0 Å². The summed E-state index contributed by atoms with van der Waals surface area (Å²) < 4.78 is 0. The average Bonchev–Trinajstić information content (AvgIpc) is 3.26. The highest BCUT2D eigenvalue weighted by Gasteiger charge is 2.52. The summed E-state index contributed by atoms with van der Waals surface area (Å²) in [5, 5.41) is 6.07. The van der Waals surface area contributed by atoms with Gasteiger partial charge in [0.25, 0.3) is 11.8 Å². The van der Waals surface area contributed by atoms with Crippen molar-refractivity contribution in [3.63, 3.8) is 0 Å². The molecule has 0 bridgehead atoms. The number of nitrogens with two attached hydrogens (primary N) is 2. The zero-order chi connectivity index (χ0) is 28.2. The molecule has 2 aliphatic rings. The number of amides is 2. The lowest BCUT2D eigenvalue weighted by atomic mass is 9.65. The van der Waals surface area contributed by atoms with Crippen molar-refractivity contribution in [2.45, 2.75) is 77.9 Å². The number of benzene rings is 2. The summed E-state index contributed by atoms with van der Waals surface area (Å²) in [6.45, 7) is 9.12. The molecule has 1 atom stereocenters. The van der Waals surface area contributed by atoms with Crippen molar-refractivity contribution < 1.29 is 9.59 Å². The molecule has 0 aromatic heterocycles. The molecule has 8 heteroatoms. The first-order chi connectivity index (χ1) is 18.7. The minimum atomic E-state index is -0.560. The first-order valence-corrected chi connectivity index (χ1v) is 14.1. The van der Waals surface area contributed by atoms with Crippen LogP contribution in [0.25, 0.3) is 0 Å². The van der Waals surface area contributed by atoms with Crippen LogP contribution >= 0.6 is 0 Å². The highest BCUT2D eigenvalue weighted by Crippen LogP contribution is 2.51. The fraction of sp³-hybridized carbons (Fsp3) is 0.484. The monoisotopic (exact) mass is 530 g/mol. The van der Waals surface area contributed by atoms with E-state index >= 15 is 0 Å². The van der Waals surface area contributed by atoms with E-state index in [1.807, 2.05) is 47.4 Å². The lowest BCUT2D eigenvalue weighted by Crippen LogP contribution is -2.51. The number of nitrogens with zero attached hydrogens (tertiary/aromatic N) is 3. The highest BCUT2D eigenvalue weighted by molar-refractivity contribution is 6.46. The number of nitrogens with one attached hydrogen (secondary N) is 1. The van der Waals surface area contributed by atoms with E-state index < -0.39 is 5.66 Å². The highest BCUT2D eigenvalue weighted by atomic mass is 16.2. The molecular formula is C31H42N6O2. The van der Waals surface area contributed by atoms with Crippen LogP contribution in [0.4, 0.5) is 0 Å². The van der Waals surface area contributed by atoms with Gasteiger partial charge in [0.1, 0.15) is 17.2 Å². The zero-order valence-corrected chi connectivity index (χ0v) is 23.6. The normalized spacial score (nSPS) is 22.6. The molecule has 1 heterocycles. The van der Waals surface area contributed by atoms with Gasteiger partial charge in [0, 0.05) is 11.1 Å². The van der Waals surface area contributed by atoms with Gasteiger partial charge in [-0.3, -0.25) is 14.6 Å². The van der Waals surface area contributed by atoms with Crippen LogP contribution < -0.4 is 16.9 Å². The second-order valence-electron chi connectivity index (χ2n) is 11.2. The molecule has 2 aromatic carbocycles. The third-order valence-corrected chi connectivity index (χ3v) is 9.26. The van der Waals surface area contributed by atoms with Crippen LogP contribution in [0, 0.1) is 11.3 Å². The Morgan fingerprint density at radius 3 is 2.31 bits per heavy atom. The molecule has 39 heavy (non-hydrogen) atoms. The van der Waals surface area contributed by atoms with Crippen LogP contribution in [0.1, 0.15) is 93.7 Å². The molecule has 208 valence electrons. The molecule has 1 unspecified atom stereocenters. The van der Waals surface area contributed by atoms with Gasteiger partial charge in [0.05, 0.1) is 12.6 Å². The molecule has 5 N–H and O–H groups in total.